The van der Waals surface area contributed by atoms with E-state index in [0.717, 1.165) is 27.2 Å². The molecule has 54 heavy (non-hydrogen) atoms. The molecular formula is C51H37BrN2. The minimum absolute atomic E-state index is 0.0908. The molecule has 0 spiro atoms. The van der Waals surface area contributed by atoms with Crippen molar-refractivity contribution in [2.24, 2.45) is 0 Å². The van der Waals surface area contributed by atoms with Crippen LogP contribution in [0.25, 0.3) is 60.9 Å². The van der Waals surface area contributed by atoms with E-state index in [9.17, 15) is 0 Å². The molecule has 0 radical (unpaired) electrons. The standard InChI is InChI=1S/C51H37BrN2/c1-51(2)47-16-10-9-15-43(47)44-28-27-42(33-48(44)51)53(40-23-17-35(18-24-40)34-11-5-3-6-12-34)41-25-19-36(20-26-41)37-21-29-49-45(31-37)46-32-38(52)22-30-50(46)54(49)39-13-7-4-8-14-39/h3-33H,1-2H3. The maximum absolute atomic E-state index is 3.74. The van der Waals surface area contributed by atoms with Gasteiger partial charge in [0.05, 0.1) is 11.0 Å². The highest BCUT2D eigenvalue weighted by molar-refractivity contribution is 9.10. The Balaban J connectivity index is 1.07. The summed E-state index contributed by atoms with van der Waals surface area (Å²) < 4.78 is 3.44. The zero-order valence-electron chi connectivity index (χ0n) is 30.2. The van der Waals surface area contributed by atoms with E-state index in [-0.39, 0.29) is 5.41 Å². The summed E-state index contributed by atoms with van der Waals surface area (Å²) in [6.45, 7) is 4.70. The molecule has 1 aliphatic carbocycles. The van der Waals surface area contributed by atoms with Crippen molar-refractivity contribution < 1.29 is 0 Å². The lowest BCUT2D eigenvalue weighted by molar-refractivity contribution is 0.660. The zero-order chi connectivity index (χ0) is 36.4. The molecule has 8 aromatic carbocycles. The van der Waals surface area contributed by atoms with Crippen molar-refractivity contribution in [2.75, 3.05) is 4.90 Å². The number of halogens is 1. The average molecular weight is 758 g/mol. The van der Waals surface area contributed by atoms with Crippen molar-refractivity contribution in [1.82, 2.24) is 4.57 Å². The molecule has 0 fully saturated rings. The molecule has 0 aliphatic heterocycles. The molecule has 1 aromatic heterocycles. The van der Waals surface area contributed by atoms with Crippen molar-refractivity contribution in [1.29, 1.82) is 0 Å². The number of hydrogen-bond acceptors (Lipinski definition) is 1. The van der Waals surface area contributed by atoms with Gasteiger partial charge in [-0.25, -0.2) is 0 Å². The van der Waals surface area contributed by atoms with Crippen molar-refractivity contribution in [2.45, 2.75) is 19.3 Å². The van der Waals surface area contributed by atoms with Gasteiger partial charge in [-0.15, -0.1) is 0 Å². The quantitative estimate of drug-likeness (QED) is 0.164. The van der Waals surface area contributed by atoms with E-state index in [4.69, 9.17) is 0 Å². The predicted octanol–water partition coefficient (Wildman–Crippen LogP) is 14.7. The van der Waals surface area contributed by atoms with Crippen molar-refractivity contribution >= 4 is 54.8 Å². The summed E-state index contributed by atoms with van der Waals surface area (Å²) in [5, 5.41) is 2.46. The molecule has 0 saturated carbocycles. The van der Waals surface area contributed by atoms with Gasteiger partial charge in [-0.05, 0) is 123 Å². The summed E-state index contributed by atoms with van der Waals surface area (Å²) in [7, 11) is 0. The summed E-state index contributed by atoms with van der Waals surface area (Å²) in [4.78, 5) is 2.39. The Kier molecular flexibility index (Phi) is 7.67. The average Bonchev–Trinajstić information content (AvgIpc) is 3.66. The third kappa shape index (κ3) is 5.30. The topological polar surface area (TPSA) is 8.17 Å². The Hall–Kier alpha value is -6.16. The molecular weight excluding hydrogens is 720 g/mol. The first kappa shape index (κ1) is 32.5. The van der Waals surface area contributed by atoms with E-state index in [1.807, 2.05) is 0 Å². The van der Waals surface area contributed by atoms with Crippen molar-refractivity contribution in [3.8, 4) is 39.1 Å². The van der Waals surface area contributed by atoms with Gasteiger partial charge in [-0.3, -0.25) is 0 Å². The Morgan fingerprint density at radius 1 is 0.426 bits per heavy atom. The fourth-order valence-corrected chi connectivity index (χ4v) is 8.91. The molecule has 2 nitrogen and oxygen atoms in total. The van der Waals surface area contributed by atoms with Gasteiger partial charge >= 0.3 is 0 Å². The van der Waals surface area contributed by atoms with E-state index in [1.54, 1.807) is 0 Å². The van der Waals surface area contributed by atoms with E-state index < -0.39 is 0 Å². The van der Waals surface area contributed by atoms with Crippen LogP contribution in [0.4, 0.5) is 17.1 Å². The smallest absolute Gasteiger partial charge is 0.0541 e. The fraction of sp³-hybridized carbons (Fsp3) is 0.0588. The summed E-state index contributed by atoms with van der Waals surface area (Å²) in [6, 6.07) is 68.6. The lowest BCUT2D eigenvalue weighted by Gasteiger charge is -2.28. The van der Waals surface area contributed by atoms with Crippen LogP contribution < -0.4 is 4.90 Å². The minimum Gasteiger partial charge on any atom is -0.310 e. The molecule has 0 bridgehead atoms. The number of fused-ring (bicyclic) bond motifs is 6. The van der Waals surface area contributed by atoms with Crippen LogP contribution in [0.15, 0.2) is 193 Å². The molecule has 1 aliphatic rings. The lowest BCUT2D eigenvalue weighted by Crippen LogP contribution is -2.16. The Labute approximate surface area is 324 Å². The summed E-state index contributed by atoms with van der Waals surface area (Å²) in [6.07, 6.45) is 0. The van der Waals surface area contributed by atoms with Crippen LogP contribution in [0.2, 0.25) is 0 Å². The van der Waals surface area contributed by atoms with Gasteiger partial charge in [-0.1, -0.05) is 139 Å². The van der Waals surface area contributed by atoms with E-state index >= 15 is 0 Å². The Bertz CT molecular complexity index is 2830. The van der Waals surface area contributed by atoms with Crippen LogP contribution in [0, 0.1) is 0 Å². The molecule has 10 rings (SSSR count). The second-order valence-corrected chi connectivity index (χ2v) is 15.7. The van der Waals surface area contributed by atoms with Crippen LogP contribution in [-0.2, 0) is 5.41 Å². The third-order valence-corrected chi connectivity index (χ3v) is 11.8. The highest BCUT2D eigenvalue weighted by atomic mass is 79.9. The fourth-order valence-electron chi connectivity index (χ4n) is 8.55. The van der Waals surface area contributed by atoms with E-state index in [1.165, 1.54) is 66.3 Å². The van der Waals surface area contributed by atoms with Gasteiger partial charge in [0.15, 0.2) is 0 Å². The first-order chi connectivity index (χ1) is 26.4. The summed E-state index contributed by atoms with van der Waals surface area (Å²) in [5.41, 5.74) is 17.0. The number of nitrogens with zero attached hydrogens (tertiary/aromatic N) is 2. The minimum atomic E-state index is -0.0908. The highest BCUT2D eigenvalue weighted by Gasteiger charge is 2.35. The normalized spacial score (nSPS) is 12.9. The van der Waals surface area contributed by atoms with Crippen LogP contribution in [0.5, 0.6) is 0 Å². The van der Waals surface area contributed by atoms with Gasteiger partial charge in [0, 0.05) is 43.4 Å². The monoisotopic (exact) mass is 756 g/mol. The number of para-hydroxylation sites is 1. The maximum Gasteiger partial charge on any atom is 0.0541 e. The molecule has 0 N–H and O–H groups in total. The number of benzene rings is 8. The van der Waals surface area contributed by atoms with Gasteiger partial charge in [0.2, 0.25) is 0 Å². The second kappa shape index (κ2) is 12.8. The van der Waals surface area contributed by atoms with E-state index in [0.29, 0.717) is 0 Å². The van der Waals surface area contributed by atoms with Crippen molar-refractivity contribution in [3.63, 3.8) is 0 Å². The largest absolute Gasteiger partial charge is 0.310 e. The summed E-state index contributed by atoms with van der Waals surface area (Å²) >= 11 is 3.74. The summed E-state index contributed by atoms with van der Waals surface area (Å²) in [5.74, 6) is 0. The molecule has 258 valence electrons. The van der Waals surface area contributed by atoms with Crippen LogP contribution in [0.3, 0.4) is 0 Å². The molecule has 1 heterocycles. The number of hydrogen-bond donors (Lipinski definition) is 0. The maximum atomic E-state index is 3.74. The Morgan fingerprint density at radius 2 is 0.944 bits per heavy atom. The highest BCUT2D eigenvalue weighted by Crippen LogP contribution is 2.50. The van der Waals surface area contributed by atoms with Gasteiger partial charge < -0.3 is 9.47 Å². The molecule has 0 saturated heterocycles. The van der Waals surface area contributed by atoms with Gasteiger partial charge in [0.25, 0.3) is 0 Å². The van der Waals surface area contributed by atoms with Gasteiger partial charge in [-0.2, -0.15) is 0 Å². The first-order valence-corrected chi connectivity index (χ1v) is 19.3. The molecule has 0 amide bonds. The van der Waals surface area contributed by atoms with Crippen molar-refractivity contribution in [3.05, 3.63) is 204 Å². The van der Waals surface area contributed by atoms with Crippen LogP contribution in [0.1, 0.15) is 25.0 Å². The molecule has 0 atom stereocenters. The Morgan fingerprint density at radius 3 is 1.65 bits per heavy atom. The predicted molar refractivity (Wildman–Crippen MR) is 232 cm³/mol. The number of anilines is 3. The SMILES string of the molecule is CC1(C)c2ccccc2-c2ccc(N(c3ccc(-c4ccccc4)cc3)c3ccc(-c4ccc5c(c4)c4cc(Br)ccc4n5-c4ccccc4)cc3)cc21. The molecule has 3 heteroatoms. The number of rotatable bonds is 6. The van der Waals surface area contributed by atoms with Crippen LogP contribution in [-0.4, -0.2) is 4.57 Å². The van der Waals surface area contributed by atoms with Gasteiger partial charge in [0.1, 0.15) is 0 Å². The zero-order valence-corrected chi connectivity index (χ0v) is 31.8. The third-order valence-electron chi connectivity index (χ3n) is 11.3. The molecule has 9 aromatic rings. The van der Waals surface area contributed by atoms with E-state index in [2.05, 4.69) is 227 Å². The number of aromatic nitrogens is 1. The second-order valence-electron chi connectivity index (χ2n) is 14.8. The lowest BCUT2D eigenvalue weighted by atomic mass is 9.82. The first-order valence-electron chi connectivity index (χ1n) is 18.5. The molecule has 0 unspecified atom stereocenters. The van der Waals surface area contributed by atoms with Crippen LogP contribution >= 0.6 is 15.9 Å².